The number of nitro benzene ring substituents is 1. The summed E-state index contributed by atoms with van der Waals surface area (Å²) in [7, 11) is -0.499. The molecule has 0 saturated heterocycles. The highest BCUT2D eigenvalue weighted by atomic mass is 32.2. The average molecular weight is 333 g/mol. The molecule has 0 aromatic heterocycles. The maximum absolute atomic E-state index is 11.8. The van der Waals surface area contributed by atoms with Gasteiger partial charge in [-0.3, -0.25) is 14.9 Å². The van der Waals surface area contributed by atoms with Gasteiger partial charge >= 0.3 is 0 Å². The summed E-state index contributed by atoms with van der Waals surface area (Å²) in [6.07, 6.45) is 0. The number of nitrogens with two attached hydrogens (primary N) is 1. The number of nitro groups is 1. The number of hydrogen-bond acceptors (Lipinski definition) is 6. The number of carbonyl (C=O) groups excluding carboxylic acids is 1. The van der Waals surface area contributed by atoms with Crippen LogP contribution in [0.25, 0.3) is 0 Å². The topological polar surface area (TPSA) is 124 Å². The highest BCUT2D eigenvalue weighted by Crippen LogP contribution is 2.30. The van der Waals surface area contributed by atoms with Crippen LogP contribution in [0.4, 0.5) is 5.69 Å². The van der Waals surface area contributed by atoms with E-state index in [-0.39, 0.29) is 28.0 Å². The predicted molar refractivity (Wildman–Crippen MR) is 79.8 cm³/mol. The highest BCUT2D eigenvalue weighted by Gasteiger charge is 2.18. The Bertz CT molecular complexity index is 658. The van der Waals surface area contributed by atoms with Crippen LogP contribution >= 0.6 is 11.8 Å². The zero-order valence-corrected chi connectivity index (χ0v) is 13.1. The minimum atomic E-state index is -3.63. The van der Waals surface area contributed by atoms with Gasteiger partial charge in [0.25, 0.3) is 11.6 Å². The predicted octanol–water partition coefficient (Wildman–Crippen LogP) is 0.677. The van der Waals surface area contributed by atoms with Crippen LogP contribution in [0.3, 0.4) is 0 Å². The third-order valence-electron chi connectivity index (χ3n) is 2.44. The Morgan fingerprint density at radius 3 is 2.52 bits per heavy atom. The fourth-order valence-electron chi connectivity index (χ4n) is 1.44. The molecule has 0 fully saturated rings. The normalized spacial score (nSPS) is 11.2. The van der Waals surface area contributed by atoms with Crippen LogP contribution in [0.1, 0.15) is 10.4 Å². The molecular formula is C11H15N3O5S2. The van der Waals surface area contributed by atoms with Crippen molar-refractivity contribution in [2.45, 2.75) is 4.90 Å². The van der Waals surface area contributed by atoms with Crippen LogP contribution in [0.2, 0.25) is 0 Å². The Morgan fingerprint density at radius 2 is 2.05 bits per heavy atom. The lowest BCUT2D eigenvalue weighted by Gasteiger charge is -2.11. The summed E-state index contributed by atoms with van der Waals surface area (Å²) in [5.74, 6) is -0.529. The van der Waals surface area contributed by atoms with E-state index in [2.05, 4.69) is 0 Å². The number of hydrogen-bond donors (Lipinski definition) is 1. The number of nitrogens with zero attached hydrogens (tertiary/aromatic N) is 2. The fraction of sp³-hybridized carbons (Fsp3) is 0.364. The van der Waals surface area contributed by atoms with E-state index in [4.69, 9.17) is 5.14 Å². The SMILES string of the molecule is CN(C)C(=O)c1ccc([N+](=O)[O-])c(SCCS(N)(=O)=O)c1. The minimum absolute atomic E-state index is 0.0687. The summed E-state index contributed by atoms with van der Waals surface area (Å²) >= 11 is 0.974. The van der Waals surface area contributed by atoms with E-state index in [0.717, 1.165) is 11.8 Å². The molecule has 0 saturated carbocycles. The van der Waals surface area contributed by atoms with Crippen LogP contribution in [0, 0.1) is 10.1 Å². The van der Waals surface area contributed by atoms with E-state index in [1.165, 1.54) is 23.1 Å². The first kappa shape index (κ1) is 17.4. The molecule has 1 aromatic rings. The number of benzene rings is 1. The van der Waals surface area contributed by atoms with Crippen LogP contribution in [0.5, 0.6) is 0 Å². The summed E-state index contributed by atoms with van der Waals surface area (Å²) in [6, 6.07) is 3.98. The molecule has 8 nitrogen and oxygen atoms in total. The number of rotatable bonds is 6. The van der Waals surface area contributed by atoms with Gasteiger partial charge in [-0.2, -0.15) is 0 Å². The zero-order chi connectivity index (χ0) is 16.2. The lowest BCUT2D eigenvalue weighted by molar-refractivity contribution is -0.387. The molecule has 10 heteroatoms. The van der Waals surface area contributed by atoms with E-state index < -0.39 is 14.9 Å². The van der Waals surface area contributed by atoms with Gasteiger partial charge in [-0.1, -0.05) is 0 Å². The molecule has 1 aromatic carbocycles. The largest absolute Gasteiger partial charge is 0.345 e. The molecule has 0 aliphatic rings. The van der Waals surface area contributed by atoms with Gasteiger partial charge in [0.05, 0.1) is 15.6 Å². The summed E-state index contributed by atoms with van der Waals surface area (Å²) in [5.41, 5.74) is 0.119. The first-order valence-corrected chi connectivity index (χ1v) is 8.45. The quantitative estimate of drug-likeness (QED) is 0.464. The number of thioether (sulfide) groups is 1. The Morgan fingerprint density at radius 1 is 1.43 bits per heavy atom. The second-order valence-corrected chi connectivity index (χ2v) is 7.23. The molecule has 0 unspecified atom stereocenters. The van der Waals surface area contributed by atoms with Crippen LogP contribution in [-0.4, -0.2) is 49.7 Å². The van der Waals surface area contributed by atoms with E-state index in [1.807, 2.05) is 0 Å². The molecule has 116 valence electrons. The van der Waals surface area contributed by atoms with Crippen LogP contribution in [-0.2, 0) is 10.0 Å². The second kappa shape index (κ2) is 6.87. The Balaban J connectivity index is 3.04. The van der Waals surface area contributed by atoms with Crippen molar-refractivity contribution >= 4 is 33.4 Å². The lowest BCUT2D eigenvalue weighted by atomic mass is 10.2. The highest BCUT2D eigenvalue weighted by molar-refractivity contribution is 8.00. The van der Waals surface area contributed by atoms with Gasteiger partial charge in [-0.15, -0.1) is 11.8 Å². The average Bonchev–Trinajstić information content (AvgIpc) is 2.35. The van der Waals surface area contributed by atoms with Crippen molar-refractivity contribution in [1.82, 2.24) is 4.90 Å². The van der Waals surface area contributed by atoms with E-state index >= 15 is 0 Å². The molecule has 0 heterocycles. The fourth-order valence-corrected chi connectivity index (χ4v) is 3.42. The van der Waals surface area contributed by atoms with Crippen molar-refractivity contribution in [3.63, 3.8) is 0 Å². The third-order valence-corrected chi connectivity index (χ3v) is 4.51. The van der Waals surface area contributed by atoms with Crippen LogP contribution < -0.4 is 5.14 Å². The lowest BCUT2D eigenvalue weighted by Crippen LogP contribution is -2.21. The van der Waals surface area contributed by atoms with Crippen LogP contribution in [0.15, 0.2) is 23.1 Å². The molecule has 1 rings (SSSR count). The maximum Gasteiger partial charge on any atom is 0.282 e. The maximum atomic E-state index is 11.8. The second-order valence-electron chi connectivity index (χ2n) is 4.35. The molecule has 0 aliphatic heterocycles. The van der Waals surface area contributed by atoms with E-state index in [0.29, 0.717) is 5.56 Å². The smallest absolute Gasteiger partial charge is 0.282 e. The van der Waals surface area contributed by atoms with Gasteiger partial charge in [0.15, 0.2) is 0 Å². The number of carbonyl (C=O) groups is 1. The van der Waals surface area contributed by atoms with Gasteiger partial charge in [0.1, 0.15) is 0 Å². The standard InChI is InChI=1S/C11H15N3O5S2/c1-13(2)11(15)8-3-4-9(14(16)17)10(7-8)20-5-6-21(12,18)19/h3-4,7H,5-6H2,1-2H3,(H2,12,18,19). The zero-order valence-electron chi connectivity index (χ0n) is 11.5. The van der Waals surface area contributed by atoms with Crippen molar-refractivity contribution in [3.05, 3.63) is 33.9 Å². The molecule has 0 atom stereocenters. The minimum Gasteiger partial charge on any atom is -0.345 e. The van der Waals surface area contributed by atoms with Gasteiger partial charge in [0, 0.05) is 31.5 Å². The molecule has 0 bridgehead atoms. The van der Waals surface area contributed by atoms with Crippen molar-refractivity contribution in [2.75, 3.05) is 25.6 Å². The summed E-state index contributed by atoms with van der Waals surface area (Å²) in [5, 5.41) is 15.8. The molecule has 21 heavy (non-hydrogen) atoms. The first-order valence-electron chi connectivity index (χ1n) is 5.75. The van der Waals surface area contributed by atoms with Crippen molar-refractivity contribution in [3.8, 4) is 0 Å². The van der Waals surface area contributed by atoms with Gasteiger partial charge in [-0.25, -0.2) is 13.6 Å². The van der Waals surface area contributed by atoms with E-state index in [1.54, 1.807) is 14.1 Å². The molecule has 1 amide bonds. The Labute approximate surface area is 126 Å². The number of amides is 1. The monoisotopic (exact) mass is 333 g/mol. The Kier molecular flexibility index (Phi) is 5.70. The molecule has 0 aliphatic carbocycles. The van der Waals surface area contributed by atoms with E-state index in [9.17, 15) is 23.3 Å². The molecule has 0 radical (unpaired) electrons. The van der Waals surface area contributed by atoms with Gasteiger partial charge in [0.2, 0.25) is 10.0 Å². The Hall–Kier alpha value is -1.65. The number of sulfonamides is 1. The summed E-state index contributed by atoms with van der Waals surface area (Å²) in [4.78, 5) is 23.8. The summed E-state index contributed by atoms with van der Waals surface area (Å²) in [6.45, 7) is 0. The van der Waals surface area contributed by atoms with Gasteiger partial charge < -0.3 is 4.90 Å². The molecular weight excluding hydrogens is 318 g/mol. The molecule has 2 N–H and O–H groups in total. The van der Waals surface area contributed by atoms with Crippen molar-refractivity contribution in [1.29, 1.82) is 0 Å². The first-order chi connectivity index (χ1) is 9.61. The summed E-state index contributed by atoms with van der Waals surface area (Å²) < 4.78 is 21.7. The number of primary sulfonamides is 1. The van der Waals surface area contributed by atoms with Crippen molar-refractivity contribution < 1.29 is 18.1 Å². The third kappa shape index (κ3) is 5.33. The van der Waals surface area contributed by atoms with Crippen molar-refractivity contribution in [2.24, 2.45) is 5.14 Å². The molecule has 0 spiro atoms. The van der Waals surface area contributed by atoms with Gasteiger partial charge in [-0.05, 0) is 12.1 Å².